The van der Waals surface area contributed by atoms with E-state index in [1.54, 1.807) is 11.3 Å². The Bertz CT molecular complexity index is 998. The van der Waals surface area contributed by atoms with Crippen LogP contribution in [-0.4, -0.2) is 33.9 Å². The van der Waals surface area contributed by atoms with Crippen molar-refractivity contribution in [2.24, 2.45) is 0 Å². The highest BCUT2D eigenvalue weighted by atomic mass is 32.1. The number of aromatic nitrogens is 2. The van der Waals surface area contributed by atoms with E-state index in [-0.39, 0.29) is 11.3 Å². The third kappa shape index (κ3) is 3.60. The Morgan fingerprint density at radius 3 is 2.90 bits per heavy atom. The Labute approximate surface area is 175 Å². The first kappa shape index (κ1) is 18.5. The molecular weight excluding hydrogens is 378 g/mol. The number of carbonyl (C=O) groups is 1. The molecule has 2 aliphatic rings. The fraction of sp³-hybridized carbons (Fsp3) is 0.375. The zero-order valence-corrected chi connectivity index (χ0v) is 17.3. The number of amides is 1. The molecule has 4 nitrogen and oxygen atoms in total. The van der Waals surface area contributed by atoms with Crippen LogP contribution in [0.5, 0.6) is 0 Å². The maximum absolute atomic E-state index is 12.9. The van der Waals surface area contributed by atoms with Crippen molar-refractivity contribution in [2.45, 2.75) is 43.9 Å². The third-order valence-electron chi connectivity index (χ3n) is 6.41. The maximum Gasteiger partial charge on any atom is 0.222 e. The van der Waals surface area contributed by atoms with Gasteiger partial charge in [-0.25, -0.2) is 9.97 Å². The first-order chi connectivity index (χ1) is 14.2. The van der Waals surface area contributed by atoms with Crippen LogP contribution in [0.2, 0.25) is 0 Å². The summed E-state index contributed by atoms with van der Waals surface area (Å²) in [5.41, 5.74) is 4.76. The van der Waals surface area contributed by atoms with Crippen LogP contribution in [0.3, 0.4) is 0 Å². The number of benzene rings is 1. The molecule has 5 rings (SSSR count). The minimum absolute atomic E-state index is 0.00189. The molecule has 1 aromatic carbocycles. The molecule has 3 aromatic rings. The fourth-order valence-corrected chi connectivity index (χ4v) is 5.56. The second-order valence-electron chi connectivity index (χ2n) is 8.26. The van der Waals surface area contributed by atoms with Crippen LogP contribution in [0.4, 0.5) is 0 Å². The van der Waals surface area contributed by atoms with E-state index in [4.69, 9.17) is 4.98 Å². The molecule has 1 unspecified atom stereocenters. The third-order valence-corrected chi connectivity index (χ3v) is 7.14. The molecule has 1 spiro atoms. The Balaban J connectivity index is 1.37. The molecule has 0 N–H and O–H groups in total. The van der Waals surface area contributed by atoms with Crippen molar-refractivity contribution in [1.29, 1.82) is 0 Å². The highest BCUT2D eigenvalue weighted by Crippen LogP contribution is 2.44. The van der Waals surface area contributed by atoms with Gasteiger partial charge in [0.1, 0.15) is 0 Å². The van der Waals surface area contributed by atoms with Gasteiger partial charge in [-0.05, 0) is 60.1 Å². The molecule has 0 radical (unpaired) electrons. The molecule has 3 heterocycles. The van der Waals surface area contributed by atoms with E-state index in [0.29, 0.717) is 6.42 Å². The van der Waals surface area contributed by atoms with Gasteiger partial charge in [0.25, 0.3) is 0 Å². The van der Waals surface area contributed by atoms with E-state index in [1.165, 1.54) is 16.8 Å². The highest BCUT2D eigenvalue weighted by Gasteiger charge is 2.44. The average molecular weight is 404 g/mol. The topological polar surface area (TPSA) is 46.1 Å². The van der Waals surface area contributed by atoms with Gasteiger partial charge in [-0.3, -0.25) is 4.79 Å². The summed E-state index contributed by atoms with van der Waals surface area (Å²) >= 11 is 1.69. The van der Waals surface area contributed by atoms with Gasteiger partial charge < -0.3 is 4.90 Å². The zero-order chi connectivity index (χ0) is 19.7. The van der Waals surface area contributed by atoms with Gasteiger partial charge in [0.15, 0.2) is 5.82 Å². The lowest BCUT2D eigenvalue weighted by atomic mass is 9.77. The molecule has 5 heteroatoms. The monoisotopic (exact) mass is 403 g/mol. The summed E-state index contributed by atoms with van der Waals surface area (Å²) in [6.45, 7) is 1.67. The van der Waals surface area contributed by atoms with E-state index in [0.717, 1.165) is 56.6 Å². The Morgan fingerprint density at radius 1 is 1.17 bits per heavy atom. The van der Waals surface area contributed by atoms with E-state index in [2.05, 4.69) is 38.8 Å². The minimum atomic E-state index is -0.00189. The van der Waals surface area contributed by atoms with Gasteiger partial charge in [0.2, 0.25) is 5.91 Å². The number of rotatable bonds is 4. The molecular formula is C24H25N3OS. The lowest BCUT2D eigenvalue weighted by Crippen LogP contribution is -2.48. The lowest BCUT2D eigenvalue weighted by molar-refractivity contribution is -0.133. The molecule has 29 heavy (non-hydrogen) atoms. The Kier molecular flexibility index (Phi) is 4.92. The van der Waals surface area contributed by atoms with Crippen LogP contribution in [0.15, 0.2) is 53.4 Å². The molecule has 2 aromatic heterocycles. The number of piperidine rings is 1. The Hall–Kier alpha value is -2.53. The molecule has 1 fully saturated rings. The fourth-order valence-electron chi connectivity index (χ4n) is 4.85. The summed E-state index contributed by atoms with van der Waals surface area (Å²) < 4.78 is 0. The van der Waals surface area contributed by atoms with Crippen molar-refractivity contribution >= 4 is 17.2 Å². The second kappa shape index (κ2) is 7.71. The standard InChI is InChI=1S/C24H25N3OS/c28-21(8-7-18-10-14-29-16-18)27-13-4-11-24(17-27)12-9-20-15-25-23(26-22(20)24)19-5-2-1-3-6-19/h1-3,5-6,10,14-16H,4,7-9,11-13,17H2. The van der Waals surface area contributed by atoms with Gasteiger partial charge in [-0.15, -0.1) is 0 Å². The summed E-state index contributed by atoms with van der Waals surface area (Å²) in [4.78, 5) is 24.7. The van der Waals surface area contributed by atoms with Gasteiger partial charge in [-0.1, -0.05) is 30.3 Å². The van der Waals surface area contributed by atoms with Crippen molar-refractivity contribution in [3.05, 3.63) is 70.2 Å². The van der Waals surface area contributed by atoms with Crippen LogP contribution in [0.1, 0.15) is 42.5 Å². The number of carbonyl (C=O) groups excluding carboxylic acids is 1. The first-order valence-corrected chi connectivity index (χ1v) is 11.4. The van der Waals surface area contributed by atoms with Crippen LogP contribution < -0.4 is 0 Å². The SMILES string of the molecule is O=C(CCc1ccsc1)N1CCCC2(CCc3cnc(-c4ccccc4)nc32)C1. The van der Waals surface area contributed by atoms with Crippen LogP contribution in [-0.2, 0) is 23.1 Å². The summed E-state index contributed by atoms with van der Waals surface area (Å²) in [5, 5.41) is 4.22. The quantitative estimate of drug-likeness (QED) is 0.637. The van der Waals surface area contributed by atoms with Crippen LogP contribution in [0.25, 0.3) is 11.4 Å². The minimum Gasteiger partial charge on any atom is -0.342 e. The molecule has 1 amide bonds. The molecule has 1 aliphatic carbocycles. The zero-order valence-electron chi connectivity index (χ0n) is 16.5. The second-order valence-corrected chi connectivity index (χ2v) is 9.04. The summed E-state index contributed by atoms with van der Waals surface area (Å²) in [5.74, 6) is 1.08. The number of hydrogen-bond acceptors (Lipinski definition) is 4. The molecule has 1 atom stereocenters. The molecule has 0 bridgehead atoms. The van der Waals surface area contributed by atoms with E-state index >= 15 is 0 Å². The number of fused-ring (bicyclic) bond motifs is 2. The highest BCUT2D eigenvalue weighted by molar-refractivity contribution is 7.07. The molecule has 148 valence electrons. The predicted octanol–water partition coefficient (Wildman–Crippen LogP) is 4.64. The summed E-state index contributed by atoms with van der Waals surface area (Å²) in [6, 6.07) is 12.3. The van der Waals surface area contributed by atoms with E-state index < -0.39 is 0 Å². The summed E-state index contributed by atoms with van der Waals surface area (Å²) in [7, 11) is 0. The predicted molar refractivity (Wildman–Crippen MR) is 116 cm³/mol. The molecule has 1 saturated heterocycles. The van der Waals surface area contributed by atoms with Crippen molar-refractivity contribution in [3.8, 4) is 11.4 Å². The molecule has 1 aliphatic heterocycles. The van der Waals surface area contributed by atoms with Crippen LogP contribution in [0, 0.1) is 0 Å². The Morgan fingerprint density at radius 2 is 2.07 bits per heavy atom. The number of nitrogens with zero attached hydrogens (tertiary/aromatic N) is 3. The van der Waals surface area contributed by atoms with Gasteiger partial charge in [-0.2, -0.15) is 11.3 Å². The number of likely N-dealkylation sites (tertiary alicyclic amines) is 1. The average Bonchev–Trinajstić information content (AvgIpc) is 3.41. The van der Waals surface area contributed by atoms with Crippen molar-refractivity contribution in [3.63, 3.8) is 0 Å². The van der Waals surface area contributed by atoms with E-state index in [9.17, 15) is 4.79 Å². The smallest absolute Gasteiger partial charge is 0.222 e. The first-order valence-electron chi connectivity index (χ1n) is 10.4. The lowest BCUT2D eigenvalue weighted by Gasteiger charge is -2.40. The summed E-state index contributed by atoms with van der Waals surface area (Å²) in [6.07, 6.45) is 7.69. The van der Waals surface area contributed by atoms with Gasteiger partial charge >= 0.3 is 0 Å². The number of hydrogen-bond donors (Lipinski definition) is 0. The van der Waals surface area contributed by atoms with Gasteiger partial charge in [0.05, 0.1) is 5.69 Å². The number of thiophene rings is 1. The molecule has 0 saturated carbocycles. The van der Waals surface area contributed by atoms with Gasteiger partial charge in [0, 0.05) is 36.7 Å². The normalized spacial score (nSPS) is 20.8. The number of aryl methyl sites for hydroxylation is 2. The van der Waals surface area contributed by atoms with Crippen molar-refractivity contribution in [2.75, 3.05) is 13.1 Å². The van der Waals surface area contributed by atoms with Crippen molar-refractivity contribution in [1.82, 2.24) is 14.9 Å². The largest absolute Gasteiger partial charge is 0.342 e. The van der Waals surface area contributed by atoms with E-state index in [1.807, 2.05) is 24.4 Å². The van der Waals surface area contributed by atoms with Crippen LogP contribution >= 0.6 is 11.3 Å². The maximum atomic E-state index is 12.9. The van der Waals surface area contributed by atoms with Crippen molar-refractivity contribution < 1.29 is 4.79 Å².